The highest BCUT2D eigenvalue weighted by atomic mass is 35.5. The van der Waals surface area contributed by atoms with Crippen LogP contribution in [0.1, 0.15) is 0 Å². The van der Waals surface area contributed by atoms with E-state index >= 15 is 0 Å². The molecule has 0 fully saturated rings. The molecule has 0 saturated heterocycles. The predicted molar refractivity (Wildman–Crippen MR) is 74.9 cm³/mol. The minimum atomic E-state index is 0.418. The number of halogens is 1. The van der Waals surface area contributed by atoms with Crippen molar-refractivity contribution in [1.82, 2.24) is 15.2 Å². The molecule has 0 aliphatic heterocycles. The Morgan fingerprint density at radius 3 is 3.00 bits per heavy atom. The summed E-state index contributed by atoms with van der Waals surface area (Å²) in [5, 5.41) is 11.1. The van der Waals surface area contributed by atoms with Crippen molar-refractivity contribution in [3.8, 4) is 0 Å². The molecule has 0 saturated carbocycles. The zero-order chi connectivity index (χ0) is 13.2. The highest BCUT2D eigenvalue weighted by Gasteiger charge is 2.07. The number of H-pyrrole nitrogens is 1. The number of anilines is 2. The van der Waals surface area contributed by atoms with Gasteiger partial charge in [-0.15, -0.1) is 0 Å². The summed E-state index contributed by atoms with van der Waals surface area (Å²) in [7, 11) is 0. The summed E-state index contributed by atoms with van der Waals surface area (Å²) in [5.74, 6) is 1.13. The maximum Gasteiger partial charge on any atom is 0.247 e. The molecule has 0 spiro atoms. The molecule has 1 aromatic carbocycles. The van der Waals surface area contributed by atoms with Gasteiger partial charge in [-0.25, -0.2) is 9.83 Å². The minimum absolute atomic E-state index is 0.418. The number of pyridine rings is 1. The Morgan fingerprint density at radius 2 is 2.16 bits per heavy atom. The molecule has 6 heteroatoms. The summed E-state index contributed by atoms with van der Waals surface area (Å²) >= 11 is 6.11. The molecule has 92 valence electrons. The third-order valence-corrected chi connectivity index (χ3v) is 2.97. The first-order valence-electron chi connectivity index (χ1n) is 5.51. The Hall–Kier alpha value is -2.58. The lowest BCUT2D eigenvalue weighted by Gasteiger charge is -2.06. The molecule has 2 N–H and O–H groups in total. The van der Waals surface area contributed by atoms with Crippen molar-refractivity contribution in [3.05, 3.63) is 53.0 Å². The Balaban J connectivity index is 2.03. The summed E-state index contributed by atoms with van der Waals surface area (Å²) in [6.07, 6.45) is 1.46. The highest BCUT2D eigenvalue weighted by Crippen LogP contribution is 2.27. The molecular weight excluding hydrogens is 262 g/mol. The van der Waals surface area contributed by atoms with Crippen LogP contribution in [0.4, 0.5) is 17.3 Å². The smallest absolute Gasteiger partial charge is 0.247 e. The summed E-state index contributed by atoms with van der Waals surface area (Å²) in [5.41, 5.74) is 1.14. The van der Waals surface area contributed by atoms with Gasteiger partial charge >= 0.3 is 0 Å². The molecule has 0 aliphatic rings. The van der Waals surface area contributed by atoms with E-state index in [0.29, 0.717) is 22.3 Å². The van der Waals surface area contributed by atoms with Gasteiger partial charge in [0.15, 0.2) is 0 Å². The Labute approximate surface area is 114 Å². The average Bonchev–Trinajstić information content (AvgIpc) is 2.87. The Morgan fingerprint density at radius 1 is 1.26 bits per heavy atom. The molecule has 3 aromatic rings. The topological polar surface area (TPSA) is 58.0 Å². The van der Waals surface area contributed by atoms with Crippen LogP contribution < -0.4 is 5.32 Å². The van der Waals surface area contributed by atoms with Gasteiger partial charge in [0.05, 0.1) is 23.3 Å². The van der Waals surface area contributed by atoms with Gasteiger partial charge in [0.2, 0.25) is 5.69 Å². The van der Waals surface area contributed by atoms with Crippen molar-refractivity contribution in [2.75, 3.05) is 5.32 Å². The second-order valence-electron chi connectivity index (χ2n) is 3.88. The molecule has 2 aromatic heterocycles. The van der Waals surface area contributed by atoms with Crippen LogP contribution in [0.2, 0.25) is 5.02 Å². The van der Waals surface area contributed by atoms with E-state index in [4.69, 9.17) is 18.2 Å². The molecule has 3 rings (SSSR count). The van der Waals surface area contributed by atoms with Gasteiger partial charge in [-0.1, -0.05) is 23.7 Å². The zero-order valence-electron chi connectivity index (χ0n) is 9.68. The van der Waals surface area contributed by atoms with Crippen LogP contribution >= 0.6 is 11.6 Å². The largest absolute Gasteiger partial charge is 0.334 e. The Bertz CT molecular complexity index is 787. The highest BCUT2D eigenvalue weighted by molar-refractivity contribution is 6.35. The lowest BCUT2D eigenvalue weighted by atomic mass is 10.2. The van der Waals surface area contributed by atoms with Crippen molar-refractivity contribution in [2.45, 2.75) is 0 Å². The van der Waals surface area contributed by atoms with Crippen LogP contribution in [-0.4, -0.2) is 15.2 Å². The van der Waals surface area contributed by atoms with E-state index in [-0.39, 0.29) is 0 Å². The normalized spacial score (nSPS) is 10.3. The maximum atomic E-state index is 7.02. The molecule has 0 amide bonds. The molecule has 19 heavy (non-hydrogen) atoms. The van der Waals surface area contributed by atoms with E-state index in [9.17, 15) is 0 Å². The lowest BCUT2D eigenvalue weighted by Crippen LogP contribution is -1.94. The van der Waals surface area contributed by atoms with Gasteiger partial charge in [0, 0.05) is 5.39 Å². The quantitative estimate of drug-likeness (QED) is 0.694. The second-order valence-corrected chi connectivity index (χ2v) is 4.28. The first-order chi connectivity index (χ1) is 9.28. The number of aromatic amines is 1. The van der Waals surface area contributed by atoms with E-state index in [1.54, 1.807) is 6.07 Å². The van der Waals surface area contributed by atoms with E-state index in [1.165, 1.54) is 6.20 Å². The standard InChI is InChI=1S/C13H8ClN5/c1-15-10-7-16-19-13(10)18-11-6-5-8-3-2-4-9(14)12(8)17-11/h2-7H,(H2,16,17,18,19). The predicted octanol–water partition coefficient (Wildman–Crippen LogP) is 3.91. The number of nitrogens with zero attached hydrogens (tertiary/aromatic N) is 3. The van der Waals surface area contributed by atoms with E-state index in [1.807, 2.05) is 24.3 Å². The van der Waals surface area contributed by atoms with Gasteiger partial charge in [0.25, 0.3) is 0 Å². The third-order valence-electron chi connectivity index (χ3n) is 2.66. The number of fused-ring (bicyclic) bond motifs is 1. The fraction of sp³-hybridized carbons (Fsp3) is 0. The van der Waals surface area contributed by atoms with Gasteiger partial charge in [-0.05, 0) is 18.2 Å². The number of para-hydroxylation sites is 1. The van der Waals surface area contributed by atoms with E-state index < -0.39 is 0 Å². The minimum Gasteiger partial charge on any atom is -0.334 e. The van der Waals surface area contributed by atoms with Crippen LogP contribution in [0.3, 0.4) is 0 Å². The molecule has 2 heterocycles. The first kappa shape index (κ1) is 11.5. The second kappa shape index (κ2) is 4.59. The van der Waals surface area contributed by atoms with Crippen LogP contribution in [-0.2, 0) is 0 Å². The molecule has 0 bridgehead atoms. The number of nitrogens with one attached hydrogen (secondary N) is 2. The molecule has 0 radical (unpaired) electrons. The van der Waals surface area contributed by atoms with Crippen LogP contribution in [0.5, 0.6) is 0 Å². The van der Waals surface area contributed by atoms with Crippen molar-refractivity contribution in [2.24, 2.45) is 0 Å². The number of hydrogen-bond donors (Lipinski definition) is 2. The number of benzene rings is 1. The molecule has 0 unspecified atom stereocenters. The van der Waals surface area contributed by atoms with Crippen LogP contribution in [0.25, 0.3) is 15.7 Å². The molecule has 5 nitrogen and oxygen atoms in total. The summed E-state index contributed by atoms with van der Waals surface area (Å²) in [6.45, 7) is 7.02. The monoisotopic (exact) mass is 269 g/mol. The fourth-order valence-corrected chi connectivity index (χ4v) is 1.99. The van der Waals surface area contributed by atoms with Gasteiger partial charge in [-0.3, -0.25) is 5.10 Å². The number of aromatic nitrogens is 3. The fourth-order valence-electron chi connectivity index (χ4n) is 1.77. The lowest BCUT2D eigenvalue weighted by molar-refractivity contribution is 1.09. The van der Waals surface area contributed by atoms with Crippen molar-refractivity contribution < 1.29 is 0 Å². The van der Waals surface area contributed by atoms with Gasteiger partial charge in [-0.2, -0.15) is 5.10 Å². The summed E-state index contributed by atoms with van der Waals surface area (Å²) < 4.78 is 0. The van der Waals surface area contributed by atoms with Crippen LogP contribution in [0.15, 0.2) is 36.5 Å². The summed E-state index contributed by atoms with van der Waals surface area (Å²) in [6, 6.07) is 9.36. The third kappa shape index (κ3) is 2.09. The average molecular weight is 270 g/mol. The maximum absolute atomic E-state index is 7.02. The Kier molecular flexibility index (Phi) is 2.78. The van der Waals surface area contributed by atoms with E-state index in [0.717, 1.165) is 10.9 Å². The summed E-state index contributed by atoms with van der Waals surface area (Å²) in [4.78, 5) is 7.78. The van der Waals surface area contributed by atoms with E-state index in [2.05, 4.69) is 25.3 Å². The zero-order valence-corrected chi connectivity index (χ0v) is 10.4. The number of rotatable bonds is 2. The molecule has 0 aliphatic carbocycles. The first-order valence-corrected chi connectivity index (χ1v) is 5.89. The van der Waals surface area contributed by atoms with Gasteiger partial charge < -0.3 is 5.32 Å². The molecular formula is C13H8ClN5. The SMILES string of the molecule is [C-]#[N+]c1cn[nH]c1Nc1ccc2cccc(Cl)c2n1. The van der Waals surface area contributed by atoms with Crippen molar-refractivity contribution >= 4 is 39.8 Å². The molecule has 0 atom stereocenters. The number of hydrogen-bond acceptors (Lipinski definition) is 3. The van der Waals surface area contributed by atoms with Gasteiger partial charge in [0.1, 0.15) is 11.6 Å². The van der Waals surface area contributed by atoms with Crippen LogP contribution in [0, 0.1) is 6.57 Å². The van der Waals surface area contributed by atoms with Crippen molar-refractivity contribution in [1.29, 1.82) is 0 Å². The van der Waals surface area contributed by atoms with Crippen molar-refractivity contribution in [3.63, 3.8) is 0 Å².